The number of hydrogen-bond acceptors (Lipinski definition) is 5. The van der Waals surface area contributed by atoms with E-state index in [0.717, 1.165) is 0 Å². The Bertz CT molecular complexity index is 686. The van der Waals surface area contributed by atoms with Crippen LogP contribution >= 0.6 is 15.9 Å². The third-order valence-corrected chi connectivity index (χ3v) is 3.33. The van der Waals surface area contributed by atoms with Crippen molar-refractivity contribution < 1.29 is 14.5 Å². The molecule has 2 rings (SSSR count). The summed E-state index contributed by atoms with van der Waals surface area (Å²) in [7, 11) is 0. The van der Waals surface area contributed by atoms with Crippen LogP contribution in [-0.4, -0.2) is 15.7 Å². The Hall–Kier alpha value is -2.28. The minimum atomic E-state index is -0.525. The zero-order valence-electron chi connectivity index (χ0n) is 11.1. The summed E-state index contributed by atoms with van der Waals surface area (Å²) >= 11 is 3.22. The molecule has 0 fully saturated rings. The standard InChI is InChI=1S/C14H11BrN2O4/c1-2-13(18)11-7-6-9(8-16-11)21-14-10(15)4-3-5-12(14)17(19)20/h3-8H,2H2,1H3. The molecule has 0 N–H and O–H groups in total. The molecule has 0 aliphatic rings. The molecule has 0 saturated carbocycles. The first kappa shape index (κ1) is 15.1. The topological polar surface area (TPSA) is 82.3 Å². The molecule has 0 unspecified atom stereocenters. The van der Waals surface area contributed by atoms with E-state index in [1.165, 1.54) is 18.3 Å². The van der Waals surface area contributed by atoms with Crippen molar-refractivity contribution in [1.82, 2.24) is 4.98 Å². The van der Waals surface area contributed by atoms with Crippen LogP contribution in [0.15, 0.2) is 41.0 Å². The van der Waals surface area contributed by atoms with E-state index in [0.29, 0.717) is 22.3 Å². The van der Waals surface area contributed by atoms with E-state index >= 15 is 0 Å². The highest BCUT2D eigenvalue weighted by Crippen LogP contribution is 2.37. The van der Waals surface area contributed by atoms with Gasteiger partial charge in [-0.05, 0) is 34.1 Å². The first-order valence-electron chi connectivity index (χ1n) is 6.13. The summed E-state index contributed by atoms with van der Waals surface area (Å²) in [5.74, 6) is 0.338. The second-order valence-corrected chi connectivity index (χ2v) is 4.96. The summed E-state index contributed by atoms with van der Waals surface area (Å²) < 4.78 is 5.97. The molecule has 1 aromatic heterocycles. The number of benzene rings is 1. The lowest BCUT2D eigenvalue weighted by atomic mass is 10.2. The summed E-state index contributed by atoms with van der Waals surface area (Å²) in [6.45, 7) is 1.75. The molecule has 0 amide bonds. The van der Waals surface area contributed by atoms with Gasteiger partial charge in [-0.3, -0.25) is 14.9 Å². The Morgan fingerprint density at radius 1 is 1.38 bits per heavy atom. The maximum absolute atomic E-state index is 11.5. The number of para-hydroxylation sites is 1. The number of carbonyl (C=O) groups excluding carboxylic acids is 1. The third-order valence-electron chi connectivity index (χ3n) is 2.71. The van der Waals surface area contributed by atoms with Gasteiger partial charge in [0.25, 0.3) is 0 Å². The first-order valence-corrected chi connectivity index (χ1v) is 6.92. The largest absolute Gasteiger partial charge is 0.447 e. The molecule has 0 aliphatic heterocycles. The lowest BCUT2D eigenvalue weighted by Crippen LogP contribution is -2.00. The van der Waals surface area contributed by atoms with E-state index in [1.54, 1.807) is 25.1 Å². The van der Waals surface area contributed by atoms with Crippen molar-refractivity contribution in [3.63, 3.8) is 0 Å². The summed E-state index contributed by atoms with van der Waals surface area (Å²) in [4.78, 5) is 25.9. The summed E-state index contributed by atoms with van der Waals surface area (Å²) in [5.41, 5.74) is 0.185. The van der Waals surface area contributed by atoms with Gasteiger partial charge in [0, 0.05) is 12.5 Å². The Morgan fingerprint density at radius 3 is 2.71 bits per heavy atom. The second-order valence-electron chi connectivity index (χ2n) is 4.10. The van der Waals surface area contributed by atoms with Crippen molar-refractivity contribution in [2.75, 3.05) is 0 Å². The Labute approximate surface area is 129 Å². The predicted octanol–water partition coefficient (Wildman–Crippen LogP) is 4.14. The highest BCUT2D eigenvalue weighted by molar-refractivity contribution is 9.10. The number of ketones is 1. The van der Waals surface area contributed by atoms with Gasteiger partial charge in [-0.25, -0.2) is 4.98 Å². The fourth-order valence-electron chi connectivity index (χ4n) is 1.65. The van der Waals surface area contributed by atoms with E-state index in [-0.39, 0.29) is 17.2 Å². The lowest BCUT2D eigenvalue weighted by molar-refractivity contribution is -0.385. The molecule has 0 aliphatic carbocycles. The van der Waals surface area contributed by atoms with Gasteiger partial charge in [0.15, 0.2) is 5.78 Å². The van der Waals surface area contributed by atoms with Crippen molar-refractivity contribution in [3.8, 4) is 11.5 Å². The summed E-state index contributed by atoms with van der Waals surface area (Å²) in [5, 5.41) is 11.0. The van der Waals surface area contributed by atoms with Crippen LogP contribution in [0.25, 0.3) is 0 Å². The van der Waals surface area contributed by atoms with Gasteiger partial charge in [-0.2, -0.15) is 0 Å². The molecule has 108 valence electrons. The molecule has 7 heteroatoms. The highest BCUT2D eigenvalue weighted by Gasteiger charge is 2.19. The number of halogens is 1. The maximum atomic E-state index is 11.5. The molecule has 0 radical (unpaired) electrons. The van der Waals surface area contributed by atoms with Crippen LogP contribution in [0.3, 0.4) is 0 Å². The van der Waals surface area contributed by atoms with Crippen LogP contribution in [0.4, 0.5) is 5.69 Å². The molecule has 0 spiro atoms. The summed E-state index contributed by atoms with van der Waals surface area (Å²) in [6.07, 6.45) is 1.73. The Morgan fingerprint density at radius 2 is 2.14 bits per heavy atom. The number of pyridine rings is 1. The molecule has 21 heavy (non-hydrogen) atoms. The fourth-order valence-corrected chi connectivity index (χ4v) is 2.08. The molecule has 1 heterocycles. The zero-order chi connectivity index (χ0) is 15.4. The van der Waals surface area contributed by atoms with Gasteiger partial charge in [-0.15, -0.1) is 0 Å². The van der Waals surface area contributed by atoms with E-state index < -0.39 is 4.92 Å². The lowest BCUT2D eigenvalue weighted by Gasteiger charge is -2.08. The van der Waals surface area contributed by atoms with Crippen molar-refractivity contribution in [1.29, 1.82) is 0 Å². The average molecular weight is 351 g/mol. The van der Waals surface area contributed by atoms with Gasteiger partial charge in [-0.1, -0.05) is 13.0 Å². The molecule has 0 saturated heterocycles. The summed E-state index contributed by atoms with van der Waals surface area (Å²) in [6, 6.07) is 7.63. The van der Waals surface area contributed by atoms with Gasteiger partial charge in [0.2, 0.25) is 5.75 Å². The molecule has 1 aromatic carbocycles. The SMILES string of the molecule is CCC(=O)c1ccc(Oc2c(Br)cccc2[N+](=O)[O-])cn1. The number of ether oxygens (including phenoxy) is 1. The monoisotopic (exact) mass is 350 g/mol. The number of nitro groups is 1. The minimum Gasteiger partial charge on any atom is -0.447 e. The number of nitrogens with zero attached hydrogens (tertiary/aromatic N) is 2. The number of Topliss-reactive ketones (excluding diaryl/α,β-unsaturated/α-hetero) is 1. The number of aromatic nitrogens is 1. The van der Waals surface area contributed by atoms with Crippen LogP contribution in [0.2, 0.25) is 0 Å². The van der Waals surface area contributed by atoms with Crippen molar-refractivity contribution in [2.24, 2.45) is 0 Å². The van der Waals surface area contributed by atoms with E-state index in [1.807, 2.05) is 0 Å². The van der Waals surface area contributed by atoms with Crippen LogP contribution in [-0.2, 0) is 0 Å². The average Bonchev–Trinajstić information content (AvgIpc) is 2.49. The normalized spacial score (nSPS) is 10.2. The van der Waals surface area contributed by atoms with Gasteiger partial charge < -0.3 is 4.74 Å². The molecular formula is C14H11BrN2O4. The van der Waals surface area contributed by atoms with Crippen LogP contribution < -0.4 is 4.74 Å². The number of rotatable bonds is 5. The number of hydrogen-bond donors (Lipinski definition) is 0. The van der Waals surface area contributed by atoms with E-state index in [2.05, 4.69) is 20.9 Å². The van der Waals surface area contributed by atoms with Crippen LogP contribution in [0.5, 0.6) is 11.5 Å². The van der Waals surface area contributed by atoms with Crippen LogP contribution in [0.1, 0.15) is 23.8 Å². The molecule has 2 aromatic rings. The van der Waals surface area contributed by atoms with Crippen LogP contribution in [0, 0.1) is 10.1 Å². The highest BCUT2D eigenvalue weighted by atomic mass is 79.9. The smallest absolute Gasteiger partial charge is 0.312 e. The Balaban J connectivity index is 2.30. The van der Waals surface area contributed by atoms with Crippen molar-refractivity contribution in [2.45, 2.75) is 13.3 Å². The first-order chi connectivity index (χ1) is 10.0. The zero-order valence-corrected chi connectivity index (χ0v) is 12.7. The molecule has 0 atom stereocenters. The molecular weight excluding hydrogens is 340 g/mol. The number of carbonyl (C=O) groups is 1. The van der Waals surface area contributed by atoms with Gasteiger partial charge >= 0.3 is 5.69 Å². The molecule has 6 nitrogen and oxygen atoms in total. The maximum Gasteiger partial charge on any atom is 0.312 e. The predicted molar refractivity (Wildman–Crippen MR) is 79.7 cm³/mol. The minimum absolute atomic E-state index is 0.0755. The quantitative estimate of drug-likeness (QED) is 0.459. The van der Waals surface area contributed by atoms with Crippen molar-refractivity contribution in [3.05, 3.63) is 56.8 Å². The van der Waals surface area contributed by atoms with Gasteiger partial charge in [0.1, 0.15) is 11.4 Å². The van der Waals surface area contributed by atoms with Crippen molar-refractivity contribution >= 4 is 27.4 Å². The second kappa shape index (κ2) is 6.45. The molecule has 0 bridgehead atoms. The fraction of sp³-hybridized carbons (Fsp3) is 0.143. The van der Waals surface area contributed by atoms with Gasteiger partial charge in [0.05, 0.1) is 15.6 Å². The van der Waals surface area contributed by atoms with E-state index in [4.69, 9.17) is 4.74 Å². The Kier molecular flexibility index (Phi) is 4.64. The number of nitro benzene ring substituents is 1. The van der Waals surface area contributed by atoms with E-state index in [9.17, 15) is 14.9 Å². The third kappa shape index (κ3) is 3.43.